The van der Waals surface area contributed by atoms with Crippen molar-refractivity contribution in [3.63, 3.8) is 0 Å². The van der Waals surface area contributed by atoms with E-state index < -0.39 is 6.61 Å². The Kier molecular flexibility index (Phi) is 6.03. The molecule has 2 aromatic heterocycles. The molecule has 1 aromatic carbocycles. The molecule has 3 aromatic rings. The van der Waals surface area contributed by atoms with Gasteiger partial charge in [0.05, 0.1) is 25.6 Å². The first kappa shape index (κ1) is 21.0. The zero-order valence-corrected chi connectivity index (χ0v) is 16.9. The number of aliphatic hydroxyl groups excluding tert-OH is 1. The number of fused-ring (bicyclic) bond motifs is 1. The van der Waals surface area contributed by atoms with Crippen LogP contribution in [-0.2, 0) is 0 Å². The van der Waals surface area contributed by atoms with E-state index in [4.69, 9.17) is 19.3 Å². The molecule has 0 atom stereocenters. The van der Waals surface area contributed by atoms with Crippen molar-refractivity contribution >= 4 is 11.4 Å². The minimum Gasteiger partial charge on any atom is -0.496 e. The second kappa shape index (κ2) is 8.89. The number of hydrogen-bond acceptors (Lipinski definition) is 6. The molecule has 0 spiro atoms. The predicted molar refractivity (Wildman–Crippen MR) is 108 cm³/mol. The van der Waals surface area contributed by atoms with E-state index >= 15 is 0 Å². The molecule has 164 valence electrons. The summed E-state index contributed by atoms with van der Waals surface area (Å²) in [7, 11) is 1.39. The molecule has 2 heterocycles. The maximum atomic E-state index is 13.1. The van der Waals surface area contributed by atoms with E-state index in [-0.39, 0.29) is 48.4 Å². The zero-order valence-electron chi connectivity index (χ0n) is 16.9. The van der Waals surface area contributed by atoms with Crippen LogP contribution in [0.1, 0.15) is 29.6 Å². The number of carbonyl (C=O) groups is 1. The van der Waals surface area contributed by atoms with Crippen molar-refractivity contribution < 1.29 is 32.9 Å². The van der Waals surface area contributed by atoms with E-state index in [0.29, 0.717) is 22.7 Å². The fourth-order valence-electron chi connectivity index (χ4n) is 3.48. The third-order valence-electron chi connectivity index (χ3n) is 5.09. The van der Waals surface area contributed by atoms with Crippen LogP contribution in [0.2, 0.25) is 0 Å². The van der Waals surface area contributed by atoms with Gasteiger partial charge in [0.15, 0.2) is 5.78 Å². The van der Waals surface area contributed by atoms with Crippen LogP contribution in [-0.4, -0.2) is 47.2 Å². The van der Waals surface area contributed by atoms with Crippen molar-refractivity contribution in [1.29, 1.82) is 0 Å². The number of benzene rings is 1. The number of methoxy groups -OCH3 is 1. The highest BCUT2D eigenvalue weighted by Gasteiger charge is 2.29. The topological polar surface area (TPSA) is 82.3 Å². The van der Waals surface area contributed by atoms with Gasteiger partial charge in [-0.2, -0.15) is 8.78 Å². The van der Waals surface area contributed by atoms with Crippen molar-refractivity contribution in [2.45, 2.75) is 25.9 Å². The van der Waals surface area contributed by atoms with Crippen LogP contribution in [0.5, 0.6) is 17.2 Å². The monoisotopic (exact) mass is 432 g/mol. The fraction of sp³-hybridized carbons (Fsp3) is 0.364. The molecule has 1 fully saturated rings. The first-order chi connectivity index (χ1) is 15.0. The number of halogens is 2. The van der Waals surface area contributed by atoms with E-state index in [2.05, 4.69) is 4.98 Å². The van der Waals surface area contributed by atoms with E-state index in [1.54, 1.807) is 35.0 Å². The smallest absolute Gasteiger partial charge is 0.387 e. The summed E-state index contributed by atoms with van der Waals surface area (Å²) in [6, 6.07) is 6.43. The fourth-order valence-corrected chi connectivity index (χ4v) is 3.48. The third kappa shape index (κ3) is 4.61. The van der Waals surface area contributed by atoms with E-state index in [1.165, 1.54) is 13.2 Å². The van der Waals surface area contributed by atoms with Crippen LogP contribution < -0.4 is 14.2 Å². The average Bonchev–Trinajstić information content (AvgIpc) is 3.46. The number of rotatable bonds is 10. The number of aromatic nitrogens is 2. The van der Waals surface area contributed by atoms with E-state index in [1.807, 2.05) is 0 Å². The highest BCUT2D eigenvalue weighted by atomic mass is 19.3. The number of Topliss-reactive ketones (excluding diaryl/α,β-unsaturated/α-hetero) is 1. The Morgan fingerprint density at radius 2 is 2.06 bits per heavy atom. The molecule has 0 aliphatic heterocycles. The highest BCUT2D eigenvalue weighted by Crippen LogP contribution is 2.40. The van der Waals surface area contributed by atoms with Crippen LogP contribution in [0.3, 0.4) is 0 Å². The van der Waals surface area contributed by atoms with Gasteiger partial charge in [0, 0.05) is 24.2 Å². The molecular formula is C22H22F2N2O5. The Morgan fingerprint density at radius 3 is 2.74 bits per heavy atom. The molecule has 1 N–H and O–H groups in total. The number of nitrogens with zero attached hydrogens (tertiary/aromatic N) is 2. The molecule has 31 heavy (non-hydrogen) atoms. The third-order valence-corrected chi connectivity index (χ3v) is 5.09. The Hall–Kier alpha value is -3.20. The number of pyridine rings is 1. The first-order valence-corrected chi connectivity index (χ1v) is 9.91. The van der Waals surface area contributed by atoms with Crippen molar-refractivity contribution in [2.24, 2.45) is 5.92 Å². The summed E-state index contributed by atoms with van der Waals surface area (Å²) in [5.41, 5.74) is 1.70. The number of ketones is 1. The number of imidazole rings is 1. The lowest BCUT2D eigenvalue weighted by Crippen LogP contribution is -2.11. The summed E-state index contributed by atoms with van der Waals surface area (Å²) >= 11 is 0. The molecule has 0 amide bonds. The lowest BCUT2D eigenvalue weighted by Gasteiger charge is -2.16. The van der Waals surface area contributed by atoms with Gasteiger partial charge >= 0.3 is 6.61 Å². The maximum absolute atomic E-state index is 13.1. The van der Waals surface area contributed by atoms with Gasteiger partial charge in [0.25, 0.3) is 0 Å². The molecule has 4 rings (SSSR count). The standard InChI is InChI=1S/C22H22F2N2O5/c1-29-18-9-14(10-19(31-22(23)24)21(18)17(28)8-13-2-3-13)16-12-25-20-11-15(30-7-6-27)4-5-26(16)20/h4-5,9-13,22,27H,2-3,6-8H2,1H3. The van der Waals surface area contributed by atoms with Crippen LogP contribution in [0.15, 0.2) is 36.7 Å². The summed E-state index contributed by atoms with van der Waals surface area (Å²) < 4.78 is 43.5. The molecular weight excluding hydrogens is 410 g/mol. The largest absolute Gasteiger partial charge is 0.496 e. The Labute approximate surface area is 177 Å². The normalized spacial score (nSPS) is 13.6. The molecule has 0 saturated heterocycles. The van der Waals surface area contributed by atoms with Crippen LogP contribution in [0, 0.1) is 5.92 Å². The number of aliphatic hydroxyl groups is 1. The molecule has 9 heteroatoms. The van der Waals surface area contributed by atoms with E-state index in [9.17, 15) is 13.6 Å². The van der Waals surface area contributed by atoms with Crippen molar-refractivity contribution in [2.75, 3.05) is 20.3 Å². The van der Waals surface area contributed by atoms with Crippen LogP contribution in [0.4, 0.5) is 8.78 Å². The van der Waals surface area contributed by atoms with E-state index in [0.717, 1.165) is 12.8 Å². The van der Waals surface area contributed by atoms with Gasteiger partial charge in [-0.15, -0.1) is 0 Å². The number of hydrogen-bond donors (Lipinski definition) is 1. The first-order valence-electron chi connectivity index (χ1n) is 9.91. The lowest BCUT2D eigenvalue weighted by atomic mass is 10.00. The summed E-state index contributed by atoms with van der Waals surface area (Å²) in [6.07, 6.45) is 5.50. The number of ether oxygens (including phenoxy) is 3. The highest BCUT2D eigenvalue weighted by molar-refractivity contribution is 6.02. The molecule has 0 unspecified atom stereocenters. The minimum absolute atomic E-state index is 0.0342. The molecule has 7 nitrogen and oxygen atoms in total. The van der Waals surface area contributed by atoms with Gasteiger partial charge in [0.2, 0.25) is 0 Å². The van der Waals surface area contributed by atoms with Crippen molar-refractivity contribution in [3.8, 4) is 28.5 Å². The van der Waals surface area contributed by atoms with Gasteiger partial charge in [-0.1, -0.05) is 0 Å². The SMILES string of the molecule is COc1cc(-c2cnc3cc(OCCO)ccn23)cc(OC(F)F)c1C(=O)CC1CC1. The molecule has 1 saturated carbocycles. The maximum Gasteiger partial charge on any atom is 0.387 e. The zero-order chi connectivity index (χ0) is 22.0. The minimum atomic E-state index is -3.08. The number of alkyl halides is 2. The summed E-state index contributed by atoms with van der Waals surface area (Å²) in [5, 5.41) is 8.90. The average molecular weight is 432 g/mol. The second-order valence-corrected chi connectivity index (χ2v) is 7.31. The molecule has 1 aliphatic carbocycles. The second-order valence-electron chi connectivity index (χ2n) is 7.31. The van der Waals surface area contributed by atoms with Crippen LogP contribution >= 0.6 is 0 Å². The summed E-state index contributed by atoms with van der Waals surface area (Å²) in [4.78, 5) is 17.1. The van der Waals surface area contributed by atoms with Gasteiger partial charge < -0.3 is 19.3 Å². The van der Waals surface area contributed by atoms with Crippen LogP contribution in [0.25, 0.3) is 16.9 Å². The Morgan fingerprint density at radius 1 is 1.29 bits per heavy atom. The van der Waals surface area contributed by atoms with Crippen molar-refractivity contribution in [3.05, 3.63) is 42.2 Å². The Bertz CT molecular complexity index is 1090. The van der Waals surface area contributed by atoms with Gasteiger partial charge in [-0.05, 0) is 37.0 Å². The van der Waals surface area contributed by atoms with Crippen molar-refractivity contribution in [1.82, 2.24) is 9.38 Å². The molecule has 0 radical (unpaired) electrons. The Balaban J connectivity index is 1.76. The molecule has 0 bridgehead atoms. The predicted octanol–water partition coefficient (Wildman–Crippen LogP) is 3.97. The van der Waals surface area contributed by atoms with Gasteiger partial charge in [-0.3, -0.25) is 9.20 Å². The number of carbonyl (C=O) groups excluding carboxylic acids is 1. The van der Waals surface area contributed by atoms with Gasteiger partial charge in [-0.25, -0.2) is 4.98 Å². The molecule has 1 aliphatic rings. The summed E-state index contributed by atoms with van der Waals surface area (Å²) in [5.74, 6) is 0.520. The van der Waals surface area contributed by atoms with Gasteiger partial charge in [0.1, 0.15) is 35.1 Å². The lowest BCUT2D eigenvalue weighted by molar-refractivity contribution is -0.0502. The quantitative estimate of drug-likeness (QED) is 0.489. The summed E-state index contributed by atoms with van der Waals surface area (Å²) in [6.45, 7) is -3.03.